The second-order valence-electron chi connectivity index (χ2n) is 8.54. The highest BCUT2D eigenvalue weighted by molar-refractivity contribution is 5.87. The number of aliphatic imine (C=N–C) groups is 1. The van der Waals surface area contributed by atoms with E-state index < -0.39 is 12.2 Å². The molecule has 0 aromatic carbocycles. The Morgan fingerprint density at radius 2 is 1.92 bits per heavy atom. The predicted molar refractivity (Wildman–Crippen MR) is 151 cm³/mol. The first-order valence-electron chi connectivity index (χ1n) is 13.0. The third-order valence-corrected chi connectivity index (χ3v) is 6.05. The molecule has 37 heavy (non-hydrogen) atoms. The van der Waals surface area contributed by atoms with Crippen LogP contribution in [0.3, 0.4) is 0 Å². The lowest BCUT2D eigenvalue weighted by atomic mass is 10.0. The molecule has 1 aliphatic heterocycles. The molecule has 4 rings (SSSR count). The highest BCUT2D eigenvalue weighted by Crippen LogP contribution is 2.31. The van der Waals surface area contributed by atoms with E-state index in [0.29, 0.717) is 24.7 Å². The molecule has 1 fully saturated rings. The monoisotopic (exact) mass is 512 g/mol. The first-order valence-corrected chi connectivity index (χ1v) is 13.0. The van der Waals surface area contributed by atoms with Crippen LogP contribution in [0.15, 0.2) is 29.4 Å². The minimum absolute atomic E-state index is 0.0718. The number of pyridine rings is 1. The van der Waals surface area contributed by atoms with Gasteiger partial charge < -0.3 is 15.5 Å². The summed E-state index contributed by atoms with van der Waals surface area (Å²) in [6.07, 6.45) is 3.75. The highest BCUT2D eigenvalue weighted by Gasteiger charge is 2.31. The van der Waals surface area contributed by atoms with Gasteiger partial charge >= 0.3 is 0 Å². The number of aromatic nitrogens is 4. The zero-order valence-electron chi connectivity index (χ0n) is 23.2. The van der Waals surface area contributed by atoms with E-state index in [2.05, 4.69) is 51.3 Å². The van der Waals surface area contributed by atoms with E-state index in [1.54, 1.807) is 11.6 Å². The molecule has 10 heteroatoms. The van der Waals surface area contributed by atoms with Gasteiger partial charge in [0.1, 0.15) is 11.7 Å². The fourth-order valence-corrected chi connectivity index (χ4v) is 3.86. The summed E-state index contributed by atoms with van der Waals surface area (Å²) in [6.45, 7) is 15.8. The summed E-state index contributed by atoms with van der Waals surface area (Å²) in [5, 5.41) is 10.7. The van der Waals surface area contributed by atoms with Crippen molar-refractivity contribution in [3.05, 3.63) is 30.1 Å². The minimum atomic E-state index is -1.20. The van der Waals surface area contributed by atoms with Crippen molar-refractivity contribution in [1.82, 2.24) is 24.5 Å². The summed E-state index contributed by atoms with van der Waals surface area (Å²) in [7, 11) is 1.77. The molecular formula is C27H41FN8O. The largest absolute Gasteiger partial charge is 0.371 e. The van der Waals surface area contributed by atoms with Crippen molar-refractivity contribution in [2.45, 2.75) is 73.0 Å². The maximum atomic E-state index is 14.6. The third kappa shape index (κ3) is 7.24. The van der Waals surface area contributed by atoms with E-state index in [9.17, 15) is 9.18 Å². The Labute approximate surface area is 219 Å². The van der Waals surface area contributed by atoms with Gasteiger partial charge in [-0.1, -0.05) is 40.5 Å². The number of carbonyl (C=O) groups excluding carboxylic acids is 1. The van der Waals surface area contributed by atoms with Crippen molar-refractivity contribution < 1.29 is 9.18 Å². The zero-order chi connectivity index (χ0) is 27.5. The number of alkyl halides is 1. The summed E-state index contributed by atoms with van der Waals surface area (Å²) in [6, 6.07) is 5.21. The Balaban J connectivity index is 0.000000733. The van der Waals surface area contributed by atoms with Crippen LogP contribution in [-0.2, 0) is 4.79 Å². The molecule has 0 radical (unpaired) electrons. The van der Waals surface area contributed by atoms with Gasteiger partial charge in [0.15, 0.2) is 5.82 Å². The minimum Gasteiger partial charge on any atom is -0.371 e. The lowest BCUT2D eigenvalue weighted by Crippen LogP contribution is -2.49. The first kappa shape index (κ1) is 29.7. The number of nitrogens with one attached hydrogen (secondary N) is 2. The van der Waals surface area contributed by atoms with Crippen LogP contribution in [-0.4, -0.2) is 69.5 Å². The Kier molecular flexibility index (Phi) is 11.4. The summed E-state index contributed by atoms with van der Waals surface area (Å²) in [5.74, 6) is 0.801. The normalized spacial score (nSPS) is 16.7. The molecule has 2 unspecified atom stereocenters. The van der Waals surface area contributed by atoms with Crippen LogP contribution in [0.1, 0.15) is 59.6 Å². The summed E-state index contributed by atoms with van der Waals surface area (Å²) in [5.41, 5.74) is 3.92. The van der Waals surface area contributed by atoms with Crippen LogP contribution in [0.2, 0.25) is 0 Å². The second-order valence-corrected chi connectivity index (χ2v) is 8.54. The van der Waals surface area contributed by atoms with E-state index in [0.717, 1.165) is 28.2 Å². The number of anilines is 2. The van der Waals surface area contributed by atoms with E-state index in [-0.39, 0.29) is 12.5 Å². The molecule has 0 spiro atoms. The van der Waals surface area contributed by atoms with Gasteiger partial charge in [-0.25, -0.2) is 8.91 Å². The Hall–Kier alpha value is -3.56. The molecule has 202 valence electrons. The molecule has 9 nitrogen and oxygen atoms in total. The Morgan fingerprint density at radius 1 is 1.22 bits per heavy atom. The molecule has 2 atom stereocenters. The van der Waals surface area contributed by atoms with Crippen LogP contribution < -0.4 is 10.6 Å². The van der Waals surface area contributed by atoms with Crippen molar-refractivity contribution in [2.24, 2.45) is 4.99 Å². The van der Waals surface area contributed by atoms with Gasteiger partial charge in [0.25, 0.3) is 0 Å². The van der Waals surface area contributed by atoms with Crippen molar-refractivity contribution in [1.29, 1.82) is 0 Å². The molecule has 0 aliphatic carbocycles. The molecule has 4 heterocycles. The van der Waals surface area contributed by atoms with Gasteiger partial charge in [0, 0.05) is 32.3 Å². The maximum absolute atomic E-state index is 14.6. The van der Waals surface area contributed by atoms with Gasteiger partial charge in [0.05, 0.1) is 29.7 Å². The zero-order valence-corrected chi connectivity index (χ0v) is 23.2. The summed E-state index contributed by atoms with van der Waals surface area (Å²) < 4.78 is 16.3. The molecule has 1 saturated heterocycles. The molecule has 1 aliphatic rings. The average Bonchev–Trinajstić information content (AvgIpc) is 3.34. The van der Waals surface area contributed by atoms with Crippen molar-refractivity contribution in [2.75, 3.05) is 30.8 Å². The fourth-order valence-electron chi connectivity index (χ4n) is 3.86. The third-order valence-electron chi connectivity index (χ3n) is 6.05. The standard InChI is InChI=1S/C21H25FN8O.C4H10.C2H6/c1-12-16(23-3)5-6-17(25-12)14-7-10-30-19(14)20(24-4)27-21(28-30)26-18-8-9-29(13(2)31)11-15(18)22;1-3-4-2;1-2/h5-7,10,15,18H,3,8-9,11H2,1-2,4H3,(H2,24,26,27,28);3-4H2,1-2H3;1-2H3. The van der Waals surface area contributed by atoms with Crippen LogP contribution in [0.25, 0.3) is 16.8 Å². The number of rotatable bonds is 6. The first-order chi connectivity index (χ1) is 17.8. The number of piperidine rings is 1. The number of fused-ring (bicyclic) bond motifs is 1. The molecule has 0 bridgehead atoms. The number of carbonyl (C=O) groups is 1. The number of amides is 1. The molecule has 0 saturated carbocycles. The quantitative estimate of drug-likeness (QED) is 0.413. The maximum Gasteiger partial charge on any atom is 0.243 e. The number of hydrogen-bond donors (Lipinski definition) is 2. The number of aryl methyl sites for hydroxylation is 1. The van der Waals surface area contributed by atoms with Crippen LogP contribution in [0, 0.1) is 6.92 Å². The molecule has 1 amide bonds. The summed E-state index contributed by atoms with van der Waals surface area (Å²) >= 11 is 0. The lowest BCUT2D eigenvalue weighted by molar-refractivity contribution is -0.131. The van der Waals surface area contributed by atoms with Gasteiger partial charge in [-0.2, -0.15) is 4.98 Å². The average molecular weight is 513 g/mol. The van der Waals surface area contributed by atoms with Crippen molar-refractivity contribution >= 4 is 35.6 Å². The number of halogens is 1. The number of likely N-dealkylation sites (tertiary alicyclic amines) is 1. The number of unbranched alkanes of at least 4 members (excludes halogenated alkanes) is 1. The van der Waals surface area contributed by atoms with E-state index in [1.807, 2.05) is 45.2 Å². The van der Waals surface area contributed by atoms with Crippen LogP contribution >= 0.6 is 0 Å². The highest BCUT2D eigenvalue weighted by atomic mass is 19.1. The lowest BCUT2D eigenvalue weighted by Gasteiger charge is -2.34. The van der Waals surface area contributed by atoms with Crippen molar-refractivity contribution in [3.63, 3.8) is 0 Å². The van der Waals surface area contributed by atoms with Gasteiger partial charge in [0.2, 0.25) is 11.9 Å². The number of nitrogens with zero attached hydrogens (tertiary/aromatic N) is 6. The Morgan fingerprint density at radius 3 is 2.46 bits per heavy atom. The number of hydrogen-bond acceptors (Lipinski definition) is 7. The molecule has 3 aromatic rings. The Bertz CT molecular complexity index is 1180. The topological polar surface area (TPSA) is 99.8 Å². The van der Waals surface area contributed by atoms with Gasteiger partial charge in [-0.3, -0.25) is 14.8 Å². The molecule has 2 N–H and O–H groups in total. The smallest absolute Gasteiger partial charge is 0.243 e. The van der Waals surface area contributed by atoms with E-state index in [1.165, 1.54) is 24.7 Å². The summed E-state index contributed by atoms with van der Waals surface area (Å²) in [4.78, 5) is 26.2. The van der Waals surface area contributed by atoms with E-state index in [4.69, 9.17) is 0 Å². The fraction of sp³-hybridized carbons (Fsp3) is 0.519. The van der Waals surface area contributed by atoms with E-state index >= 15 is 0 Å². The SMILES string of the molecule is C=Nc1ccc(-c2ccn3nc(NC4CCN(C(C)=O)CC4F)nc(NC)c23)nc1C.CC.CCCC. The van der Waals surface area contributed by atoms with Gasteiger partial charge in [-0.15, -0.1) is 5.10 Å². The predicted octanol–water partition coefficient (Wildman–Crippen LogP) is 5.68. The van der Waals surface area contributed by atoms with Crippen LogP contribution in [0.5, 0.6) is 0 Å². The molecular weight excluding hydrogens is 471 g/mol. The van der Waals surface area contributed by atoms with Crippen LogP contribution in [0.4, 0.5) is 21.8 Å². The van der Waals surface area contributed by atoms with Gasteiger partial charge in [-0.05, 0) is 38.3 Å². The molecule has 3 aromatic heterocycles. The van der Waals surface area contributed by atoms with Crippen molar-refractivity contribution in [3.8, 4) is 11.3 Å². The second kappa shape index (κ2) is 14.2.